The molecule has 0 atom stereocenters. The van der Waals surface area contributed by atoms with Crippen LogP contribution < -0.4 is 15.8 Å². The van der Waals surface area contributed by atoms with Gasteiger partial charge in [-0.05, 0) is 52.9 Å². The van der Waals surface area contributed by atoms with Gasteiger partial charge in [0, 0.05) is 12.2 Å². The van der Waals surface area contributed by atoms with Crippen molar-refractivity contribution in [2.24, 2.45) is 5.73 Å². The highest BCUT2D eigenvalue weighted by molar-refractivity contribution is 7.92. The summed E-state index contributed by atoms with van der Waals surface area (Å²) in [4.78, 5) is 12.9. The smallest absolute Gasteiger partial charge is 0.261 e. The van der Waals surface area contributed by atoms with Crippen molar-refractivity contribution < 1.29 is 13.2 Å². The van der Waals surface area contributed by atoms with Crippen molar-refractivity contribution in [3.8, 4) is 0 Å². The Labute approximate surface area is 204 Å². The summed E-state index contributed by atoms with van der Waals surface area (Å²) >= 11 is 12.2. The number of carbonyl (C=O) groups excluding carboxylic acids is 1. The molecule has 0 aliphatic rings. The second-order valence-corrected chi connectivity index (χ2v) is 11.0. The molecule has 3 aromatic rings. The van der Waals surface area contributed by atoms with Crippen LogP contribution >= 0.6 is 23.2 Å². The van der Waals surface area contributed by atoms with Crippen LogP contribution in [0.25, 0.3) is 0 Å². The van der Waals surface area contributed by atoms with E-state index in [1.807, 2.05) is 26.8 Å². The second-order valence-electron chi connectivity index (χ2n) is 8.51. The average molecular weight is 506 g/mol. The summed E-state index contributed by atoms with van der Waals surface area (Å²) in [6, 6.07) is 16.3. The van der Waals surface area contributed by atoms with Crippen LogP contribution in [0.15, 0.2) is 65.6 Å². The molecule has 9 heteroatoms. The Morgan fingerprint density at radius 1 is 0.970 bits per heavy atom. The highest BCUT2D eigenvalue weighted by Crippen LogP contribution is 2.29. The molecule has 0 spiro atoms. The maximum absolute atomic E-state index is 13.1. The number of nitrogens with two attached hydrogens (primary N) is 1. The molecule has 0 heterocycles. The Morgan fingerprint density at radius 3 is 2.21 bits per heavy atom. The molecule has 0 aromatic heterocycles. The van der Waals surface area contributed by atoms with Crippen molar-refractivity contribution in [2.45, 2.75) is 37.6 Å². The van der Waals surface area contributed by atoms with Gasteiger partial charge in [0.15, 0.2) is 0 Å². The van der Waals surface area contributed by atoms with Crippen LogP contribution in [0.1, 0.15) is 42.3 Å². The summed E-state index contributed by atoms with van der Waals surface area (Å²) in [5, 5.41) is 3.12. The van der Waals surface area contributed by atoms with Gasteiger partial charge < -0.3 is 11.1 Å². The van der Waals surface area contributed by atoms with E-state index >= 15 is 0 Å². The molecule has 33 heavy (non-hydrogen) atoms. The lowest BCUT2D eigenvalue weighted by atomic mass is 9.87. The van der Waals surface area contributed by atoms with E-state index in [0.29, 0.717) is 11.3 Å². The third-order valence-corrected chi connectivity index (χ3v) is 7.03. The van der Waals surface area contributed by atoms with E-state index in [1.54, 1.807) is 42.5 Å². The minimum absolute atomic E-state index is 0.102. The first-order valence-electron chi connectivity index (χ1n) is 10.1. The number of carbonyl (C=O) groups is 1. The summed E-state index contributed by atoms with van der Waals surface area (Å²) in [5.41, 5.74) is 7.81. The normalized spacial score (nSPS) is 11.8. The third kappa shape index (κ3) is 5.86. The number of sulfonamides is 1. The molecule has 0 saturated heterocycles. The molecule has 174 valence electrons. The van der Waals surface area contributed by atoms with E-state index in [0.717, 1.165) is 5.56 Å². The van der Waals surface area contributed by atoms with Crippen molar-refractivity contribution in [1.82, 2.24) is 0 Å². The molecule has 1 amide bonds. The minimum Gasteiger partial charge on any atom is -0.326 e. The number of rotatable bonds is 6. The van der Waals surface area contributed by atoms with Crippen LogP contribution in [-0.2, 0) is 22.0 Å². The van der Waals surface area contributed by atoms with Crippen molar-refractivity contribution in [1.29, 1.82) is 0 Å². The highest BCUT2D eigenvalue weighted by atomic mass is 35.5. The van der Waals surface area contributed by atoms with E-state index in [-0.39, 0.29) is 38.2 Å². The first-order valence-corrected chi connectivity index (χ1v) is 12.4. The fourth-order valence-electron chi connectivity index (χ4n) is 3.17. The van der Waals surface area contributed by atoms with Gasteiger partial charge in [0.2, 0.25) is 0 Å². The number of halogens is 2. The quantitative estimate of drug-likeness (QED) is 0.393. The molecule has 0 aliphatic heterocycles. The molecule has 3 aromatic carbocycles. The molecule has 0 bridgehead atoms. The van der Waals surface area contributed by atoms with Gasteiger partial charge in [-0.2, -0.15) is 0 Å². The van der Waals surface area contributed by atoms with Gasteiger partial charge in [0.1, 0.15) is 0 Å². The third-order valence-electron chi connectivity index (χ3n) is 5.03. The van der Waals surface area contributed by atoms with Crippen LogP contribution in [0, 0.1) is 0 Å². The Kier molecular flexibility index (Phi) is 7.39. The number of anilines is 2. The number of amides is 1. The van der Waals surface area contributed by atoms with Crippen molar-refractivity contribution in [3.05, 3.63) is 87.4 Å². The van der Waals surface area contributed by atoms with E-state index in [2.05, 4.69) is 10.0 Å². The molecule has 0 saturated carbocycles. The molecule has 0 fully saturated rings. The van der Waals surface area contributed by atoms with Crippen LogP contribution in [0.4, 0.5) is 11.4 Å². The van der Waals surface area contributed by atoms with Gasteiger partial charge in [-0.3, -0.25) is 9.52 Å². The first kappa shape index (κ1) is 25.1. The van der Waals surface area contributed by atoms with Gasteiger partial charge in [0.25, 0.3) is 15.9 Å². The van der Waals surface area contributed by atoms with Crippen LogP contribution in [-0.4, -0.2) is 14.3 Å². The largest absolute Gasteiger partial charge is 0.326 e. The summed E-state index contributed by atoms with van der Waals surface area (Å²) in [5.74, 6) is -0.516. The van der Waals surface area contributed by atoms with Gasteiger partial charge >= 0.3 is 0 Å². The summed E-state index contributed by atoms with van der Waals surface area (Å²) in [6.45, 7) is 6.13. The predicted molar refractivity (Wildman–Crippen MR) is 135 cm³/mol. The van der Waals surface area contributed by atoms with E-state index in [4.69, 9.17) is 28.9 Å². The van der Waals surface area contributed by atoms with Crippen molar-refractivity contribution >= 4 is 50.5 Å². The summed E-state index contributed by atoms with van der Waals surface area (Å²) < 4.78 is 28.8. The molecule has 0 radical (unpaired) electrons. The summed E-state index contributed by atoms with van der Waals surface area (Å²) in [6.07, 6.45) is 0. The fourth-order valence-corrected chi connectivity index (χ4v) is 4.88. The lowest BCUT2D eigenvalue weighted by Gasteiger charge is -2.20. The van der Waals surface area contributed by atoms with Crippen LogP contribution in [0.5, 0.6) is 0 Å². The maximum atomic E-state index is 13.1. The Morgan fingerprint density at radius 2 is 1.61 bits per heavy atom. The standard InChI is InChI=1S/C24H25Cl2N3O3S/c1-24(2,3)16-6-4-7-18(12-16)33(31,32)29-21-13-17(11-10-15(21)14-27)28-23(30)22-19(25)8-5-9-20(22)26/h4-13,29H,14,27H2,1-3H3,(H,28,30). The van der Waals surface area contributed by atoms with E-state index < -0.39 is 15.9 Å². The SMILES string of the molecule is CC(C)(C)c1cccc(S(=O)(=O)Nc2cc(NC(=O)c3c(Cl)cccc3Cl)ccc2CN)c1. The Bertz CT molecular complexity index is 1280. The molecular weight excluding hydrogens is 481 g/mol. The van der Waals surface area contributed by atoms with Gasteiger partial charge in [-0.1, -0.05) is 68.2 Å². The zero-order chi connectivity index (χ0) is 24.4. The first-order chi connectivity index (χ1) is 15.4. The molecule has 0 aliphatic carbocycles. The zero-order valence-electron chi connectivity index (χ0n) is 18.4. The van der Waals surface area contributed by atoms with E-state index in [9.17, 15) is 13.2 Å². The molecule has 0 unspecified atom stereocenters. The lowest BCUT2D eigenvalue weighted by Crippen LogP contribution is -2.18. The monoisotopic (exact) mass is 505 g/mol. The zero-order valence-corrected chi connectivity index (χ0v) is 20.8. The Balaban J connectivity index is 1.92. The predicted octanol–water partition coefficient (Wildman–Crippen LogP) is 5.80. The molecule has 4 N–H and O–H groups in total. The number of nitrogens with one attached hydrogen (secondary N) is 2. The van der Waals surface area contributed by atoms with Crippen LogP contribution in [0.3, 0.4) is 0 Å². The molecular formula is C24H25Cl2N3O3S. The van der Waals surface area contributed by atoms with Gasteiger partial charge in [0.05, 0.1) is 26.2 Å². The summed E-state index contributed by atoms with van der Waals surface area (Å²) in [7, 11) is -3.90. The number of benzene rings is 3. The van der Waals surface area contributed by atoms with E-state index in [1.165, 1.54) is 12.1 Å². The second kappa shape index (κ2) is 9.73. The molecule has 6 nitrogen and oxygen atoms in total. The van der Waals surface area contributed by atoms with Crippen molar-refractivity contribution in [3.63, 3.8) is 0 Å². The van der Waals surface area contributed by atoms with Gasteiger partial charge in [-0.15, -0.1) is 0 Å². The van der Waals surface area contributed by atoms with Crippen LogP contribution in [0.2, 0.25) is 10.0 Å². The topological polar surface area (TPSA) is 101 Å². The highest BCUT2D eigenvalue weighted by Gasteiger charge is 2.21. The Hall–Kier alpha value is -2.58. The maximum Gasteiger partial charge on any atom is 0.261 e. The molecule has 3 rings (SSSR count). The number of hydrogen-bond acceptors (Lipinski definition) is 4. The van der Waals surface area contributed by atoms with Crippen molar-refractivity contribution in [2.75, 3.05) is 10.0 Å². The fraction of sp³-hybridized carbons (Fsp3) is 0.208. The number of hydrogen-bond donors (Lipinski definition) is 3. The minimum atomic E-state index is -3.90. The average Bonchev–Trinajstić information content (AvgIpc) is 2.73. The lowest BCUT2D eigenvalue weighted by molar-refractivity contribution is 0.102. The van der Waals surface area contributed by atoms with Gasteiger partial charge in [-0.25, -0.2) is 8.42 Å².